The minimum absolute atomic E-state index is 0.143. The van der Waals surface area contributed by atoms with E-state index in [4.69, 9.17) is 4.43 Å². The van der Waals surface area contributed by atoms with Gasteiger partial charge >= 0.3 is 0 Å². The van der Waals surface area contributed by atoms with E-state index in [1.54, 1.807) is 0 Å². The SMILES string of the molecule is CNCC(C)(C)c1ccc(O[Si](C)(C)C(C)(C)C)cc1. The van der Waals surface area contributed by atoms with Gasteiger partial charge in [0, 0.05) is 12.0 Å². The Hall–Kier alpha value is -0.803. The molecule has 2 nitrogen and oxygen atoms in total. The normalized spacial score (nSPS) is 13.4. The van der Waals surface area contributed by atoms with Gasteiger partial charge in [-0.15, -0.1) is 0 Å². The molecule has 0 aliphatic carbocycles. The van der Waals surface area contributed by atoms with Crippen LogP contribution in [-0.2, 0) is 5.41 Å². The van der Waals surface area contributed by atoms with E-state index in [9.17, 15) is 0 Å². The Bertz CT molecular complexity index is 429. The van der Waals surface area contributed by atoms with Gasteiger partial charge in [0.05, 0.1) is 0 Å². The van der Waals surface area contributed by atoms with Crippen molar-refractivity contribution in [2.45, 2.75) is 58.2 Å². The highest BCUT2D eigenvalue weighted by Gasteiger charge is 2.38. The molecule has 20 heavy (non-hydrogen) atoms. The molecule has 0 aliphatic rings. The van der Waals surface area contributed by atoms with E-state index in [1.165, 1.54) is 5.56 Å². The monoisotopic (exact) mass is 293 g/mol. The van der Waals surface area contributed by atoms with Gasteiger partial charge in [0.15, 0.2) is 0 Å². The van der Waals surface area contributed by atoms with Crippen molar-refractivity contribution < 1.29 is 4.43 Å². The van der Waals surface area contributed by atoms with Gasteiger partial charge in [0.2, 0.25) is 8.32 Å². The van der Waals surface area contributed by atoms with Crippen molar-refractivity contribution in [3.8, 4) is 5.75 Å². The van der Waals surface area contributed by atoms with Crippen LogP contribution in [0.25, 0.3) is 0 Å². The molecule has 0 aliphatic heterocycles. The summed E-state index contributed by atoms with van der Waals surface area (Å²) in [5, 5.41) is 3.49. The second kappa shape index (κ2) is 5.90. The van der Waals surface area contributed by atoms with E-state index in [0.717, 1.165) is 12.3 Å². The fourth-order valence-electron chi connectivity index (χ4n) is 1.97. The Morgan fingerprint density at radius 1 is 1.00 bits per heavy atom. The Morgan fingerprint density at radius 2 is 1.50 bits per heavy atom. The van der Waals surface area contributed by atoms with E-state index in [-0.39, 0.29) is 10.5 Å². The smallest absolute Gasteiger partial charge is 0.250 e. The second-order valence-electron chi connectivity index (χ2n) is 7.80. The van der Waals surface area contributed by atoms with Gasteiger partial charge in [0.25, 0.3) is 0 Å². The summed E-state index contributed by atoms with van der Waals surface area (Å²) in [6.07, 6.45) is 0. The quantitative estimate of drug-likeness (QED) is 0.803. The molecular formula is C17H31NOSi. The third kappa shape index (κ3) is 4.09. The molecule has 0 atom stereocenters. The van der Waals surface area contributed by atoms with Crippen molar-refractivity contribution in [1.82, 2.24) is 5.32 Å². The van der Waals surface area contributed by atoms with Gasteiger partial charge in [-0.2, -0.15) is 0 Å². The molecule has 0 aromatic heterocycles. The molecule has 114 valence electrons. The van der Waals surface area contributed by atoms with Gasteiger partial charge in [-0.1, -0.05) is 46.8 Å². The lowest BCUT2D eigenvalue weighted by Gasteiger charge is -2.36. The number of hydrogen-bond acceptors (Lipinski definition) is 2. The molecule has 1 aromatic carbocycles. The number of hydrogen-bond donors (Lipinski definition) is 1. The standard InChI is InChI=1S/C17H31NOSi/c1-16(2,3)20(7,8)19-15-11-9-14(10-12-15)17(4,5)13-18-6/h9-12,18H,13H2,1-8H3. The fraction of sp³-hybridized carbons (Fsp3) is 0.647. The number of rotatable bonds is 5. The summed E-state index contributed by atoms with van der Waals surface area (Å²) in [7, 11) is 0.260. The Balaban J connectivity index is 2.88. The molecule has 0 amide bonds. The number of benzene rings is 1. The summed E-state index contributed by atoms with van der Waals surface area (Å²) in [4.78, 5) is 0. The molecule has 1 N–H and O–H groups in total. The highest BCUT2D eigenvalue weighted by atomic mass is 28.4. The fourth-order valence-corrected chi connectivity index (χ4v) is 3.00. The lowest BCUT2D eigenvalue weighted by Crippen LogP contribution is -2.43. The number of nitrogens with one attached hydrogen (secondary N) is 1. The Labute approximate surface area is 126 Å². The molecule has 0 unspecified atom stereocenters. The summed E-state index contributed by atoms with van der Waals surface area (Å²) in [5.41, 5.74) is 1.49. The van der Waals surface area contributed by atoms with Crippen LogP contribution in [0.2, 0.25) is 18.1 Å². The van der Waals surface area contributed by atoms with Crippen LogP contribution in [0.4, 0.5) is 0 Å². The van der Waals surface area contributed by atoms with Crippen LogP contribution >= 0.6 is 0 Å². The van der Waals surface area contributed by atoms with Crippen LogP contribution < -0.4 is 9.74 Å². The lowest BCUT2D eigenvalue weighted by molar-refractivity contribution is 0.483. The summed E-state index contributed by atoms with van der Waals surface area (Å²) in [6.45, 7) is 16.9. The average Bonchev–Trinajstić information content (AvgIpc) is 2.27. The molecule has 0 fully saturated rings. The molecule has 0 heterocycles. The topological polar surface area (TPSA) is 21.3 Å². The Morgan fingerprint density at radius 3 is 1.90 bits per heavy atom. The first-order valence-electron chi connectivity index (χ1n) is 7.44. The maximum atomic E-state index is 6.32. The molecule has 1 aromatic rings. The maximum absolute atomic E-state index is 6.32. The zero-order valence-corrected chi connectivity index (χ0v) is 15.4. The van der Waals surface area contributed by atoms with E-state index in [1.807, 2.05) is 7.05 Å². The highest BCUT2D eigenvalue weighted by Crippen LogP contribution is 2.37. The summed E-state index contributed by atoms with van der Waals surface area (Å²) >= 11 is 0. The number of likely N-dealkylation sites (N-methyl/N-ethyl adjacent to an activating group) is 1. The molecular weight excluding hydrogens is 262 g/mol. The van der Waals surface area contributed by atoms with E-state index < -0.39 is 8.32 Å². The Kier molecular flexibility index (Phi) is 5.09. The van der Waals surface area contributed by atoms with Gasteiger partial charge in [-0.3, -0.25) is 0 Å². The largest absolute Gasteiger partial charge is 0.544 e. The average molecular weight is 294 g/mol. The predicted octanol–water partition coefficient (Wildman–Crippen LogP) is 4.57. The van der Waals surface area contributed by atoms with Crippen LogP contribution in [0.5, 0.6) is 5.75 Å². The van der Waals surface area contributed by atoms with Crippen molar-refractivity contribution in [2.75, 3.05) is 13.6 Å². The van der Waals surface area contributed by atoms with E-state index in [0.29, 0.717) is 0 Å². The first kappa shape index (κ1) is 17.2. The van der Waals surface area contributed by atoms with Gasteiger partial charge < -0.3 is 9.74 Å². The molecule has 0 saturated carbocycles. The molecule has 3 heteroatoms. The molecule has 0 radical (unpaired) electrons. The summed E-state index contributed by atoms with van der Waals surface area (Å²) in [6, 6.07) is 8.63. The van der Waals surface area contributed by atoms with Crippen molar-refractivity contribution in [2.24, 2.45) is 0 Å². The first-order valence-corrected chi connectivity index (χ1v) is 10.3. The maximum Gasteiger partial charge on any atom is 0.250 e. The highest BCUT2D eigenvalue weighted by molar-refractivity contribution is 6.74. The molecule has 0 saturated heterocycles. The summed E-state index contributed by atoms with van der Waals surface area (Å²) < 4.78 is 6.32. The van der Waals surface area contributed by atoms with Crippen LogP contribution in [0.1, 0.15) is 40.2 Å². The zero-order valence-electron chi connectivity index (χ0n) is 14.4. The van der Waals surface area contributed by atoms with Crippen LogP contribution in [0, 0.1) is 0 Å². The molecule has 1 rings (SSSR count). The van der Waals surface area contributed by atoms with Crippen molar-refractivity contribution in [3.63, 3.8) is 0 Å². The van der Waals surface area contributed by atoms with Crippen LogP contribution in [-0.4, -0.2) is 21.9 Å². The van der Waals surface area contributed by atoms with Gasteiger partial charge in [-0.05, 0) is 42.9 Å². The van der Waals surface area contributed by atoms with Crippen LogP contribution in [0.3, 0.4) is 0 Å². The first-order chi connectivity index (χ1) is 8.99. The minimum atomic E-state index is -1.74. The molecule has 0 spiro atoms. The molecule has 0 bridgehead atoms. The third-order valence-electron chi connectivity index (χ3n) is 4.43. The summed E-state index contributed by atoms with van der Waals surface area (Å²) in [5.74, 6) is 1.00. The predicted molar refractivity (Wildman–Crippen MR) is 91.2 cm³/mol. The van der Waals surface area contributed by atoms with Crippen LogP contribution in [0.15, 0.2) is 24.3 Å². The van der Waals surface area contributed by atoms with Crippen molar-refractivity contribution >= 4 is 8.32 Å². The van der Waals surface area contributed by atoms with Gasteiger partial charge in [-0.25, -0.2) is 0 Å². The van der Waals surface area contributed by atoms with Crippen molar-refractivity contribution in [1.29, 1.82) is 0 Å². The lowest BCUT2D eigenvalue weighted by atomic mass is 9.85. The second-order valence-corrected chi connectivity index (χ2v) is 12.5. The van der Waals surface area contributed by atoms with E-state index in [2.05, 4.69) is 77.3 Å². The third-order valence-corrected chi connectivity index (χ3v) is 8.79. The van der Waals surface area contributed by atoms with E-state index >= 15 is 0 Å². The zero-order chi connectivity index (χ0) is 15.6. The minimum Gasteiger partial charge on any atom is -0.544 e. The van der Waals surface area contributed by atoms with Crippen molar-refractivity contribution in [3.05, 3.63) is 29.8 Å². The van der Waals surface area contributed by atoms with Gasteiger partial charge in [0.1, 0.15) is 5.75 Å².